The molecule has 62 heavy (non-hydrogen) atoms. The fourth-order valence-corrected chi connectivity index (χ4v) is 10.6. The number of hydrogen-bond acceptors (Lipinski definition) is 9. The average molecular weight is 859 g/mol. The molecule has 322 valence electrons. The number of ether oxygens (including phenoxy) is 3. The van der Waals surface area contributed by atoms with E-state index < -0.39 is 11.1 Å². The van der Waals surface area contributed by atoms with Gasteiger partial charge in [0.05, 0.1) is 53.5 Å². The summed E-state index contributed by atoms with van der Waals surface area (Å²) in [7, 11) is 7.38. The first-order valence-corrected chi connectivity index (χ1v) is 21.6. The maximum Gasteiger partial charge on any atom is 0.410 e. The molecule has 0 radical (unpaired) electrons. The molecule has 11 rings (SSSR count). The summed E-state index contributed by atoms with van der Waals surface area (Å²) >= 11 is 6.17. The lowest BCUT2D eigenvalue weighted by atomic mass is 9.80. The Morgan fingerprint density at radius 3 is 1.89 bits per heavy atom. The number of carbonyl (C=O) groups is 3. The molecular formula is C47H51ClN8O6. The Morgan fingerprint density at radius 1 is 0.758 bits per heavy atom. The Morgan fingerprint density at radius 2 is 1.32 bits per heavy atom. The van der Waals surface area contributed by atoms with Crippen molar-refractivity contribution in [1.29, 1.82) is 0 Å². The molecule has 2 saturated heterocycles. The van der Waals surface area contributed by atoms with E-state index in [-0.39, 0.29) is 23.4 Å². The van der Waals surface area contributed by atoms with E-state index in [9.17, 15) is 14.4 Å². The van der Waals surface area contributed by atoms with Crippen LogP contribution in [-0.4, -0.2) is 99.0 Å². The Hall–Kier alpha value is -5.86. The lowest BCUT2D eigenvalue weighted by Gasteiger charge is -2.51. The maximum atomic E-state index is 13.2. The highest BCUT2D eigenvalue weighted by molar-refractivity contribution is 6.29. The minimum atomic E-state index is -0.538. The first kappa shape index (κ1) is 40.2. The number of aromatic nitrogens is 4. The molecule has 3 amide bonds. The molecule has 4 aliphatic heterocycles. The van der Waals surface area contributed by atoms with Crippen LogP contribution in [0.25, 0.3) is 33.8 Å². The molecular weight excluding hydrogens is 808 g/mol. The van der Waals surface area contributed by atoms with Crippen molar-refractivity contribution < 1.29 is 28.6 Å². The predicted octanol–water partition coefficient (Wildman–Crippen LogP) is 5.61. The van der Waals surface area contributed by atoms with Gasteiger partial charge < -0.3 is 44.2 Å². The van der Waals surface area contributed by atoms with E-state index in [1.54, 1.807) is 19.1 Å². The number of pyridine rings is 2. The van der Waals surface area contributed by atoms with Crippen molar-refractivity contribution in [3.63, 3.8) is 0 Å². The van der Waals surface area contributed by atoms with Crippen molar-refractivity contribution >= 4 is 29.5 Å². The molecule has 2 aliphatic carbocycles. The van der Waals surface area contributed by atoms with E-state index >= 15 is 0 Å². The number of amides is 3. The number of carbonyl (C=O) groups excluding carboxylic acids is 3. The van der Waals surface area contributed by atoms with Gasteiger partial charge in [-0.1, -0.05) is 11.6 Å². The van der Waals surface area contributed by atoms with Crippen LogP contribution < -0.4 is 25.4 Å². The van der Waals surface area contributed by atoms with Crippen LogP contribution in [-0.2, 0) is 57.4 Å². The molecule has 2 spiro atoms. The Labute approximate surface area is 365 Å². The summed E-state index contributed by atoms with van der Waals surface area (Å²) in [5, 5.41) is 10.2. The molecule has 8 heterocycles. The molecule has 3 N–H and O–H groups in total. The van der Waals surface area contributed by atoms with Crippen LogP contribution in [0.15, 0.2) is 42.7 Å². The third-order valence-electron chi connectivity index (χ3n) is 13.4. The van der Waals surface area contributed by atoms with E-state index in [4.69, 9.17) is 30.8 Å². The van der Waals surface area contributed by atoms with Gasteiger partial charge in [-0.3, -0.25) is 14.6 Å². The Kier molecular flexibility index (Phi) is 9.31. The number of aryl methyl sites for hydroxylation is 2. The highest BCUT2D eigenvalue weighted by atomic mass is 35.5. The lowest BCUT2D eigenvalue weighted by Crippen LogP contribution is -2.74. The molecule has 4 aromatic heterocycles. The molecule has 14 nitrogen and oxygen atoms in total. The molecule has 15 heteroatoms. The second-order valence-corrected chi connectivity index (χ2v) is 19.0. The third-order valence-corrected chi connectivity index (χ3v) is 13.6. The number of nitrogens with zero attached hydrogens (tertiary/aromatic N) is 5. The van der Waals surface area contributed by atoms with Crippen LogP contribution in [0.3, 0.4) is 0 Å². The second kappa shape index (κ2) is 14.3. The summed E-state index contributed by atoms with van der Waals surface area (Å²) in [6.45, 7) is 8.12. The van der Waals surface area contributed by atoms with Crippen molar-refractivity contribution in [3.8, 4) is 45.3 Å². The van der Waals surface area contributed by atoms with Crippen molar-refractivity contribution in [2.45, 2.75) is 76.0 Å². The third kappa shape index (κ3) is 6.43. The number of benzene rings is 1. The Bertz CT molecular complexity index is 2740. The van der Waals surface area contributed by atoms with Gasteiger partial charge in [0, 0.05) is 93.6 Å². The fourth-order valence-electron chi connectivity index (χ4n) is 10.5. The molecule has 2 fully saturated rings. The van der Waals surface area contributed by atoms with Gasteiger partial charge in [-0.15, -0.1) is 0 Å². The predicted molar refractivity (Wildman–Crippen MR) is 234 cm³/mol. The van der Waals surface area contributed by atoms with Gasteiger partial charge in [0.1, 0.15) is 10.8 Å². The molecule has 5 aromatic rings. The highest BCUT2D eigenvalue weighted by Crippen LogP contribution is 2.45. The highest BCUT2D eigenvalue weighted by Gasteiger charge is 2.52. The fraction of sp³-hybridized carbons (Fsp3) is 0.426. The summed E-state index contributed by atoms with van der Waals surface area (Å²) < 4.78 is 20.7. The number of likely N-dealkylation sites (tertiary alicyclic amines) is 1. The quantitative estimate of drug-likeness (QED) is 0.197. The molecule has 6 aliphatic rings. The topological polar surface area (TPSA) is 154 Å². The summed E-state index contributed by atoms with van der Waals surface area (Å²) in [5.41, 5.74) is 13.6. The van der Waals surface area contributed by atoms with Gasteiger partial charge in [0.2, 0.25) is 0 Å². The number of fused-ring (bicyclic) bond motifs is 10. The number of halogens is 1. The van der Waals surface area contributed by atoms with Crippen LogP contribution in [0.4, 0.5) is 4.79 Å². The number of rotatable bonds is 3. The number of nitrogens with one attached hydrogen (secondary N) is 3. The monoisotopic (exact) mass is 858 g/mol. The summed E-state index contributed by atoms with van der Waals surface area (Å²) in [4.78, 5) is 49.3. The van der Waals surface area contributed by atoms with E-state index in [2.05, 4.69) is 43.2 Å². The standard InChI is InChI=1S/C25H26N4O3.C22H25ClN4O3/c1-29-19-10-25(12-26-13-25)28-24(30)22(19)16-6-4-15-11-27-18(9-17(15)23(16)29)14-5-7-20(31-2)21(8-14)32-3;1-21(2,3)30-20(29)27-10-22(11-27)8-15-17(19(28)25-22)13-6-5-12-9-24-16(23)7-14(12)18(13)26(15)4/h5,7-9,11,26H,4,6,10,12-13H2,1-3H3,(H,28,30);7,9H,5-6,8,10-11H2,1-4H3,(H,25,28). The van der Waals surface area contributed by atoms with Crippen LogP contribution in [0, 0.1) is 0 Å². The summed E-state index contributed by atoms with van der Waals surface area (Å²) in [6, 6.07) is 9.89. The first-order valence-electron chi connectivity index (χ1n) is 21.2. The van der Waals surface area contributed by atoms with Crippen molar-refractivity contribution in [1.82, 2.24) is 40.0 Å². The van der Waals surface area contributed by atoms with E-state index in [0.717, 1.165) is 113 Å². The first-order chi connectivity index (χ1) is 29.6. The van der Waals surface area contributed by atoms with Crippen LogP contribution in [0.1, 0.15) is 75.1 Å². The zero-order valence-electron chi connectivity index (χ0n) is 36.2. The SMILES string of the molecule is COc1ccc(-c2cc3c(cn2)CCc2c4c(n(C)c2-3)CC2(CNC2)NC4=O)cc1OC.Cn1c2c(c3c1-c1cc(Cl)ncc1CC3)C(=O)NC1(C2)CN(C(=O)OC(C)(C)C)C1. The summed E-state index contributed by atoms with van der Waals surface area (Å²) in [5.74, 6) is 1.38. The van der Waals surface area contributed by atoms with Crippen LogP contribution in [0.5, 0.6) is 11.5 Å². The van der Waals surface area contributed by atoms with Gasteiger partial charge in [0.25, 0.3) is 11.8 Å². The lowest BCUT2D eigenvalue weighted by molar-refractivity contribution is -0.0170. The van der Waals surface area contributed by atoms with Gasteiger partial charge in [0.15, 0.2) is 11.5 Å². The average Bonchev–Trinajstić information content (AvgIpc) is 3.68. The smallest absolute Gasteiger partial charge is 0.410 e. The molecule has 0 unspecified atom stereocenters. The van der Waals surface area contributed by atoms with Gasteiger partial charge in [-0.05, 0) is 99.0 Å². The van der Waals surface area contributed by atoms with Gasteiger partial charge >= 0.3 is 6.09 Å². The van der Waals surface area contributed by atoms with Crippen molar-refractivity contribution in [2.24, 2.45) is 14.1 Å². The largest absolute Gasteiger partial charge is 0.493 e. The molecule has 1 aromatic carbocycles. The number of hydrogen-bond donors (Lipinski definition) is 3. The Balaban J connectivity index is 0.000000148. The van der Waals surface area contributed by atoms with E-state index in [1.807, 2.05) is 64.5 Å². The van der Waals surface area contributed by atoms with E-state index in [1.165, 1.54) is 11.1 Å². The summed E-state index contributed by atoms with van der Waals surface area (Å²) in [6.07, 6.45) is 8.42. The van der Waals surface area contributed by atoms with Crippen LogP contribution in [0.2, 0.25) is 5.15 Å². The van der Waals surface area contributed by atoms with E-state index in [0.29, 0.717) is 36.2 Å². The normalized spacial score (nSPS) is 18.2. The minimum absolute atomic E-state index is 0.0551. The molecule has 0 bridgehead atoms. The van der Waals surface area contributed by atoms with Gasteiger partial charge in [-0.25, -0.2) is 9.78 Å². The van der Waals surface area contributed by atoms with Crippen molar-refractivity contribution in [3.05, 3.63) is 92.6 Å². The zero-order chi connectivity index (χ0) is 43.5. The zero-order valence-corrected chi connectivity index (χ0v) is 36.9. The molecule has 0 saturated carbocycles. The second-order valence-electron chi connectivity index (χ2n) is 18.6. The van der Waals surface area contributed by atoms with Gasteiger partial charge in [-0.2, -0.15) is 0 Å². The molecule has 0 atom stereocenters. The minimum Gasteiger partial charge on any atom is -0.493 e. The maximum absolute atomic E-state index is 13.2. The van der Waals surface area contributed by atoms with Crippen molar-refractivity contribution in [2.75, 3.05) is 40.4 Å². The van der Waals surface area contributed by atoms with Crippen LogP contribution >= 0.6 is 11.6 Å². The number of methoxy groups -OCH3 is 2.